The number of ether oxygens (including phenoxy) is 1. The van der Waals surface area contributed by atoms with E-state index in [0.717, 1.165) is 5.56 Å². The van der Waals surface area contributed by atoms with E-state index < -0.39 is 12.2 Å². The Labute approximate surface area is 110 Å². The monoisotopic (exact) mass is 267 g/mol. The Balaban J connectivity index is 1.57. The van der Waals surface area contributed by atoms with Crippen LogP contribution >= 0.6 is 11.6 Å². The van der Waals surface area contributed by atoms with Crippen LogP contribution in [0.1, 0.15) is 5.56 Å². The summed E-state index contributed by atoms with van der Waals surface area (Å²) in [4.78, 5) is 13.4. The van der Waals surface area contributed by atoms with Crippen LogP contribution in [0.5, 0.6) is 0 Å². The zero-order chi connectivity index (χ0) is 12.7. The highest BCUT2D eigenvalue weighted by Gasteiger charge is 2.60. The van der Waals surface area contributed by atoms with Crippen molar-refractivity contribution in [2.45, 2.75) is 24.1 Å². The standard InChI is InChI=1S/C13H14ClNO3/c14-10-9-6-15(11(10)12(9)16)13(17)18-7-8-4-2-1-3-5-8/h1-5,9-12,16H,6-7H2/t9-,10+,11+,12+/m0/s1. The molecule has 4 rings (SSSR count). The lowest BCUT2D eigenvalue weighted by atomic mass is 9.82. The molecule has 0 unspecified atom stereocenters. The lowest BCUT2D eigenvalue weighted by Gasteiger charge is -2.36. The van der Waals surface area contributed by atoms with Crippen LogP contribution in [-0.2, 0) is 11.3 Å². The first-order chi connectivity index (χ1) is 8.68. The van der Waals surface area contributed by atoms with E-state index in [0.29, 0.717) is 6.54 Å². The second-order valence-electron chi connectivity index (χ2n) is 4.78. The molecule has 0 radical (unpaired) electrons. The third-order valence-corrected chi connectivity index (χ3v) is 4.31. The first-order valence-corrected chi connectivity index (χ1v) is 6.41. The molecule has 2 heterocycles. The fraction of sp³-hybridized carbons (Fsp3) is 0.462. The van der Waals surface area contributed by atoms with Crippen molar-refractivity contribution in [2.24, 2.45) is 5.92 Å². The molecular weight excluding hydrogens is 254 g/mol. The van der Waals surface area contributed by atoms with Crippen LogP contribution in [0.2, 0.25) is 0 Å². The lowest BCUT2D eigenvalue weighted by Crippen LogP contribution is -2.54. The van der Waals surface area contributed by atoms with E-state index in [4.69, 9.17) is 16.3 Å². The zero-order valence-electron chi connectivity index (χ0n) is 9.70. The molecule has 1 aromatic rings. The van der Waals surface area contributed by atoms with Gasteiger partial charge in [0.15, 0.2) is 0 Å². The molecular formula is C13H14ClNO3. The first-order valence-electron chi connectivity index (χ1n) is 5.98. The number of rotatable bonds is 2. The molecule has 3 aliphatic rings. The highest BCUT2D eigenvalue weighted by Crippen LogP contribution is 2.45. The van der Waals surface area contributed by atoms with Gasteiger partial charge in [-0.2, -0.15) is 0 Å². The quantitative estimate of drug-likeness (QED) is 0.828. The second-order valence-corrected chi connectivity index (χ2v) is 5.29. The summed E-state index contributed by atoms with van der Waals surface area (Å²) >= 11 is 6.05. The molecule has 1 aromatic carbocycles. The third-order valence-electron chi connectivity index (χ3n) is 3.73. The number of carbonyl (C=O) groups excluding carboxylic acids is 1. The van der Waals surface area contributed by atoms with Crippen molar-refractivity contribution >= 4 is 17.7 Å². The lowest BCUT2D eigenvalue weighted by molar-refractivity contribution is 0.0215. The van der Waals surface area contributed by atoms with Crippen molar-refractivity contribution in [2.75, 3.05) is 6.54 Å². The number of alkyl halides is 1. The largest absolute Gasteiger partial charge is 0.445 e. The predicted molar refractivity (Wildman–Crippen MR) is 66.3 cm³/mol. The summed E-state index contributed by atoms with van der Waals surface area (Å²) in [5, 5.41) is 9.55. The van der Waals surface area contributed by atoms with Gasteiger partial charge in [0.2, 0.25) is 0 Å². The minimum Gasteiger partial charge on any atom is -0.445 e. The molecule has 18 heavy (non-hydrogen) atoms. The number of hydrogen-bond donors (Lipinski definition) is 1. The van der Waals surface area contributed by atoms with Crippen molar-refractivity contribution in [1.29, 1.82) is 0 Å². The molecule has 0 aromatic heterocycles. The van der Waals surface area contributed by atoms with Crippen LogP contribution in [0.15, 0.2) is 30.3 Å². The van der Waals surface area contributed by atoms with Crippen molar-refractivity contribution in [3.63, 3.8) is 0 Å². The van der Waals surface area contributed by atoms with E-state index in [2.05, 4.69) is 0 Å². The van der Waals surface area contributed by atoms with Crippen LogP contribution in [0.3, 0.4) is 0 Å². The number of halogens is 1. The topological polar surface area (TPSA) is 49.8 Å². The number of fused-ring (bicyclic) bond motifs is 1. The summed E-state index contributed by atoms with van der Waals surface area (Å²) in [6, 6.07) is 9.23. The van der Waals surface area contributed by atoms with Gasteiger partial charge in [-0.15, -0.1) is 11.6 Å². The summed E-state index contributed by atoms with van der Waals surface area (Å²) in [5.41, 5.74) is 0.945. The molecule has 1 N–H and O–H groups in total. The SMILES string of the molecule is O=C(OCc1ccccc1)N1C[C@@H]2[C@@H](O)[C@H]1[C@@H]2Cl. The number of aliphatic hydroxyl groups is 1. The molecule has 3 fully saturated rings. The Bertz CT molecular complexity index is 443. The first kappa shape index (κ1) is 11.8. The average molecular weight is 268 g/mol. The van der Waals surface area contributed by atoms with Gasteiger partial charge in [-0.05, 0) is 5.56 Å². The van der Waals surface area contributed by atoms with E-state index in [1.165, 1.54) is 4.90 Å². The molecule has 5 heteroatoms. The van der Waals surface area contributed by atoms with Crippen LogP contribution in [-0.4, -0.2) is 40.2 Å². The number of benzene rings is 1. The zero-order valence-corrected chi connectivity index (χ0v) is 10.5. The Kier molecular flexibility index (Phi) is 2.92. The third kappa shape index (κ3) is 1.76. The Morgan fingerprint density at radius 3 is 2.72 bits per heavy atom. The average Bonchev–Trinajstić information content (AvgIpc) is 2.94. The molecule has 0 spiro atoms. The van der Waals surface area contributed by atoms with Crippen LogP contribution in [0, 0.1) is 5.92 Å². The van der Waals surface area contributed by atoms with Gasteiger partial charge >= 0.3 is 6.09 Å². The maximum atomic E-state index is 11.9. The van der Waals surface area contributed by atoms with Gasteiger partial charge in [0, 0.05) is 12.5 Å². The van der Waals surface area contributed by atoms with E-state index in [1.807, 2.05) is 30.3 Å². The number of amides is 1. The Hall–Kier alpha value is -1.26. The summed E-state index contributed by atoms with van der Waals surface area (Å²) in [7, 11) is 0. The molecule has 1 amide bonds. The van der Waals surface area contributed by atoms with Crippen LogP contribution in [0.25, 0.3) is 0 Å². The van der Waals surface area contributed by atoms with Gasteiger partial charge in [-0.3, -0.25) is 0 Å². The second kappa shape index (κ2) is 4.44. The van der Waals surface area contributed by atoms with Gasteiger partial charge in [-0.25, -0.2) is 4.79 Å². The summed E-state index contributed by atoms with van der Waals surface area (Å²) in [6.07, 6.45) is -0.884. The van der Waals surface area contributed by atoms with Gasteiger partial charge in [-0.1, -0.05) is 30.3 Å². The molecule has 2 bridgehead atoms. The van der Waals surface area contributed by atoms with Crippen molar-refractivity contribution in [3.8, 4) is 0 Å². The fourth-order valence-electron chi connectivity index (χ4n) is 2.65. The molecule has 2 aliphatic heterocycles. The van der Waals surface area contributed by atoms with Crippen LogP contribution < -0.4 is 0 Å². The number of carbonyl (C=O) groups is 1. The van der Waals surface area contributed by atoms with Gasteiger partial charge < -0.3 is 14.7 Å². The number of hydrogen-bond acceptors (Lipinski definition) is 3. The minimum atomic E-state index is -0.489. The molecule has 1 aliphatic carbocycles. The Morgan fingerprint density at radius 2 is 2.17 bits per heavy atom. The number of aliphatic hydroxyl groups excluding tert-OH is 1. The summed E-state index contributed by atoms with van der Waals surface area (Å²) < 4.78 is 5.22. The normalized spacial score (nSPS) is 33.1. The molecule has 4 atom stereocenters. The smallest absolute Gasteiger partial charge is 0.410 e. The van der Waals surface area contributed by atoms with Crippen molar-refractivity contribution < 1.29 is 14.6 Å². The fourth-order valence-corrected chi connectivity index (χ4v) is 3.16. The molecule has 4 nitrogen and oxygen atoms in total. The maximum Gasteiger partial charge on any atom is 0.410 e. The highest BCUT2D eigenvalue weighted by molar-refractivity contribution is 6.22. The summed E-state index contributed by atoms with van der Waals surface area (Å²) in [5.74, 6) is 0.000872. The van der Waals surface area contributed by atoms with Crippen molar-refractivity contribution in [1.82, 2.24) is 4.90 Å². The van der Waals surface area contributed by atoms with E-state index in [-0.39, 0.29) is 23.9 Å². The van der Waals surface area contributed by atoms with E-state index >= 15 is 0 Å². The van der Waals surface area contributed by atoms with Crippen LogP contribution in [0.4, 0.5) is 4.79 Å². The van der Waals surface area contributed by atoms with Crippen molar-refractivity contribution in [3.05, 3.63) is 35.9 Å². The molecule has 2 saturated heterocycles. The Morgan fingerprint density at radius 1 is 1.44 bits per heavy atom. The minimum absolute atomic E-state index is 0.000872. The number of nitrogens with zero attached hydrogens (tertiary/aromatic N) is 1. The van der Waals surface area contributed by atoms with Gasteiger partial charge in [0.25, 0.3) is 0 Å². The summed E-state index contributed by atoms with van der Waals surface area (Å²) in [6.45, 7) is 0.740. The predicted octanol–water partition coefficient (Wildman–Crippen LogP) is 1.61. The van der Waals surface area contributed by atoms with Gasteiger partial charge in [0.05, 0.1) is 17.5 Å². The van der Waals surface area contributed by atoms with Gasteiger partial charge in [0.1, 0.15) is 6.61 Å². The van der Waals surface area contributed by atoms with E-state index in [1.54, 1.807) is 0 Å². The highest BCUT2D eigenvalue weighted by atomic mass is 35.5. The van der Waals surface area contributed by atoms with E-state index in [9.17, 15) is 9.90 Å². The molecule has 1 saturated carbocycles. The molecule has 96 valence electrons. The maximum absolute atomic E-state index is 11.9.